The zero-order chi connectivity index (χ0) is 11.9. The number of carboxylic acids is 1. The minimum Gasteiger partial charge on any atom is -0.481 e. The van der Waals surface area contributed by atoms with Crippen molar-refractivity contribution in [2.75, 3.05) is 0 Å². The van der Waals surface area contributed by atoms with Gasteiger partial charge in [-0.2, -0.15) is 0 Å². The highest BCUT2D eigenvalue weighted by atomic mass is 16.5. The van der Waals surface area contributed by atoms with Gasteiger partial charge in [-0.15, -0.1) is 0 Å². The molecule has 0 aromatic rings. The van der Waals surface area contributed by atoms with E-state index in [2.05, 4.69) is 0 Å². The first-order valence-corrected chi connectivity index (χ1v) is 5.58. The van der Waals surface area contributed by atoms with Gasteiger partial charge in [-0.1, -0.05) is 33.1 Å². The number of hydrogen-bond acceptors (Lipinski definition) is 3. The Labute approximate surface area is 90.9 Å². The van der Waals surface area contributed by atoms with Crippen molar-refractivity contribution < 1.29 is 20.1 Å². The molecule has 0 aromatic carbocycles. The van der Waals surface area contributed by atoms with Gasteiger partial charge in [-0.25, -0.2) is 0 Å². The second-order valence-corrected chi connectivity index (χ2v) is 4.12. The molecule has 0 spiro atoms. The minimum atomic E-state index is -1.54. The van der Waals surface area contributed by atoms with Crippen molar-refractivity contribution in [3.63, 3.8) is 0 Å². The number of aliphatic hydroxyl groups is 2. The number of aliphatic carboxylic acids is 1. The van der Waals surface area contributed by atoms with Gasteiger partial charge in [0.15, 0.2) is 6.29 Å². The number of hydrogen-bond donors (Lipinski definition) is 3. The van der Waals surface area contributed by atoms with Crippen LogP contribution in [0.1, 0.15) is 52.4 Å². The van der Waals surface area contributed by atoms with Gasteiger partial charge in [0.1, 0.15) is 0 Å². The number of aliphatic hydroxyl groups excluding tert-OH is 1. The second-order valence-electron chi connectivity index (χ2n) is 4.12. The summed E-state index contributed by atoms with van der Waals surface area (Å²) in [7, 11) is 0. The molecule has 1 unspecified atom stereocenters. The zero-order valence-corrected chi connectivity index (χ0v) is 9.57. The van der Waals surface area contributed by atoms with E-state index in [-0.39, 0.29) is 6.42 Å². The van der Waals surface area contributed by atoms with E-state index in [4.69, 9.17) is 10.2 Å². The van der Waals surface area contributed by atoms with E-state index in [1.807, 2.05) is 13.8 Å². The Morgan fingerprint density at radius 1 is 1.20 bits per heavy atom. The molecule has 0 radical (unpaired) electrons. The number of rotatable bonds is 8. The van der Waals surface area contributed by atoms with E-state index in [9.17, 15) is 9.90 Å². The van der Waals surface area contributed by atoms with Gasteiger partial charge < -0.3 is 15.3 Å². The molecule has 1 atom stereocenters. The quantitative estimate of drug-likeness (QED) is 0.542. The summed E-state index contributed by atoms with van der Waals surface area (Å²) in [5.74, 6) is -0.911. The minimum absolute atomic E-state index is 0.0732. The molecular weight excluding hydrogens is 196 g/mol. The van der Waals surface area contributed by atoms with Crippen LogP contribution in [0.3, 0.4) is 0 Å². The summed E-state index contributed by atoms with van der Waals surface area (Å²) in [4.78, 5) is 11.2. The molecule has 4 heteroatoms. The van der Waals surface area contributed by atoms with Crippen molar-refractivity contribution in [3.05, 3.63) is 0 Å². The Bertz CT molecular complexity index is 191. The first-order valence-electron chi connectivity index (χ1n) is 5.58. The molecule has 90 valence electrons. The van der Waals surface area contributed by atoms with Crippen LogP contribution in [0, 0.1) is 5.41 Å². The lowest BCUT2D eigenvalue weighted by molar-refractivity contribution is -0.158. The van der Waals surface area contributed by atoms with Crippen LogP contribution >= 0.6 is 0 Å². The predicted molar refractivity (Wildman–Crippen MR) is 57.3 cm³/mol. The number of carboxylic acid groups (broad SMARTS) is 1. The van der Waals surface area contributed by atoms with Crippen LogP contribution in [0.5, 0.6) is 0 Å². The maximum atomic E-state index is 11.2. The highest BCUT2D eigenvalue weighted by Gasteiger charge is 2.38. The van der Waals surface area contributed by atoms with Gasteiger partial charge in [0, 0.05) is 6.42 Å². The fourth-order valence-corrected chi connectivity index (χ4v) is 1.97. The molecule has 0 rings (SSSR count). The van der Waals surface area contributed by atoms with Crippen LogP contribution in [0.25, 0.3) is 0 Å². The molecule has 0 saturated heterocycles. The first-order chi connectivity index (χ1) is 6.98. The largest absolute Gasteiger partial charge is 0.481 e. The smallest absolute Gasteiger partial charge is 0.309 e. The van der Waals surface area contributed by atoms with Crippen molar-refractivity contribution in [2.24, 2.45) is 5.41 Å². The fourth-order valence-electron chi connectivity index (χ4n) is 1.97. The van der Waals surface area contributed by atoms with Gasteiger partial charge in [0.2, 0.25) is 0 Å². The first kappa shape index (κ1) is 14.4. The molecule has 0 fully saturated rings. The third-order valence-corrected chi connectivity index (χ3v) is 2.76. The van der Waals surface area contributed by atoms with E-state index in [1.54, 1.807) is 0 Å². The summed E-state index contributed by atoms with van der Waals surface area (Å²) >= 11 is 0. The molecule has 3 N–H and O–H groups in total. The molecule has 0 aliphatic rings. The highest BCUT2D eigenvalue weighted by molar-refractivity contribution is 5.74. The van der Waals surface area contributed by atoms with E-state index in [0.717, 1.165) is 19.3 Å². The van der Waals surface area contributed by atoms with Crippen LogP contribution < -0.4 is 0 Å². The van der Waals surface area contributed by atoms with Crippen LogP contribution in [0.4, 0.5) is 0 Å². The Balaban J connectivity index is 4.64. The average molecular weight is 218 g/mol. The monoisotopic (exact) mass is 218 g/mol. The molecular formula is C11H22O4. The molecule has 15 heavy (non-hydrogen) atoms. The van der Waals surface area contributed by atoms with Crippen molar-refractivity contribution in [1.29, 1.82) is 0 Å². The molecule has 0 aliphatic carbocycles. The molecule has 0 saturated carbocycles. The van der Waals surface area contributed by atoms with Crippen molar-refractivity contribution in [3.8, 4) is 0 Å². The van der Waals surface area contributed by atoms with E-state index >= 15 is 0 Å². The Morgan fingerprint density at radius 2 is 1.80 bits per heavy atom. The Kier molecular flexibility index (Phi) is 6.52. The second kappa shape index (κ2) is 6.80. The van der Waals surface area contributed by atoms with Gasteiger partial charge >= 0.3 is 5.97 Å². The lowest BCUT2D eigenvalue weighted by atomic mass is 9.76. The van der Waals surface area contributed by atoms with Crippen LogP contribution in [-0.4, -0.2) is 27.6 Å². The van der Waals surface area contributed by atoms with Crippen molar-refractivity contribution in [2.45, 2.75) is 58.7 Å². The standard InChI is InChI=1S/C11H22O4/c1-3-5-7-11(6-4-2,10(14)15)8-9(12)13/h9,12-13H,3-8H2,1-2H3,(H,14,15). The summed E-state index contributed by atoms with van der Waals surface area (Å²) in [6.07, 6.45) is 1.87. The number of unbranched alkanes of at least 4 members (excludes halogenated alkanes) is 1. The van der Waals surface area contributed by atoms with E-state index in [1.165, 1.54) is 0 Å². The van der Waals surface area contributed by atoms with Crippen molar-refractivity contribution in [1.82, 2.24) is 0 Å². The maximum Gasteiger partial charge on any atom is 0.309 e. The highest BCUT2D eigenvalue weighted by Crippen LogP contribution is 2.35. The van der Waals surface area contributed by atoms with Gasteiger partial charge in [0.05, 0.1) is 5.41 Å². The fraction of sp³-hybridized carbons (Fsp3) is 0.909. The Hall–Kier alpha value is -0.610. The summed E-state index contributed by atoms with van der Waals surface area (Å²) < 4.78 is 0. The molecule has 0 aliphatic heterocycles. The summed E-state index contributed by atoms with van der Waals surface area (Å²) in [5.41, 5.74) is -0.959. The summed E-state index contributed by atoms with van der Waals surface area (Å²) in [6.45, 7) is 3.90. The Morgan fingerprint density at radius 3 is 2.13 bits per heavy atom. The molecule has 0 aromatic heterocycles. The topological polar surface area (TPSA) is 77.8 Å². The van der Waals surface area contributed by atoms with Crippen LogP contribution in [-0.2, 0) is 4.79 Å². The lowest BCUT2D eigenvalue weighted by Crippen LogP contribution is -2.35. The third-order valence-electron chi connectivity index (χ3n) is 2.76. The summed E-state index contributed by atoms with van der Waals surface area (Å²) in [5, 5.41) is 27.1. The molecule has 0 bridgehead atoms. The average Bonchev–Trinajstić information content (AvgIpc) is 2.13. The molecule has 4 nitrogen and oxygen atoms in total. The van der Waals surface area contributed by atoms with Crippen molar-refractivity contribution >= 4 is 5.97 Å². The SMILES string of the molecule is CCCCC(CCC)(CC(O)O)C(=O)O. The maximum absolute atomic E-state index is 11.2. The number of carbonyl (C=O) groups is 1. The normalized spacial score (nSPS) is 15.3. The predicted octanol–water partition coefficient (Wildman–Crippen LogP) is 1.75. The lowest BCUT2D eigenvalue weighted by Gasteiger charge is -2.29. The summed E-state index contributed by atoms with van der Waals surface area (Å²) in [6, 6.07) is 0. The van der Waals surface area contributed by atoms with Gasteiger partial charge in [-0.3, -0.25) is 4.79 Å². The van der Waals surface area contributed by atoms with Crippen LogP contribution in [0.2, 0.25) is 0 Å². The van der Waals surface area contributed by atoms with Gasteiger partial charge in [0.25, 0.3) is 0 Å². The zero-order valence-electron chi connectivity index (χ0n) is 9.57. The third kappa shape index (κ3) is 4.62. The molecule has 0 amide bonds. The molecule has 0 heterocycles. The van der Waals surface area contributed by atoms with Crippen LogP contribution in [0.15, 0.2) is 0 Å². The van der Waals surface area contributed by atoms with E-state index < -0.39 is 17.7 Å². The van der Waals surface area contributed by atoms with E-state index in [0.29, 0.717) is 12.8 Å². The van der Waals surface area contributed by atoms with Gasteiger partial charge in [-0.05, 0) is 12.8 Å².